The van der Waals surface area contributed by atoms with Gasteiger partial charge in [-0.15, -0.1) is 0 Å². The Morgan fingerprint density at radius 1 is 0.594 bits per heavy atom. The Labute approximate surface area is 404 Å². The van der Waals surface area contributed by atoms with Gasteiger partial charge in [-0.05, 0) is 128 Å². The molecule has 0 spiro atoms. The van der Waals surface area contributed by atoms with E-state index in [1.54, 1.807) is 92.7 Å². The topological polar surface area (TPSA) is 201 Å². The van der Waals surface area contributed by atoms with E-state index in [2.05, 4.69) is 10.6 Å². The van der Waals surface area contributed by atoms with Gasteiger partial charge in [-0.1, -0.05) is 26.0 Å². The van der Waals surface area contributed by atoms with Gasteiger partial charge in [-0.2, -0.15) is 0 Å². The van der Waals surface area contributed by atoms with E-state index in [4.69, 9.17) is 48.4 Å². The van der Waals surface area contributed by atoms with Crippen LogP contribution in [0.4, 0.5) is 16.2 Å². The molecular formula is C53H65N3O13. The lowest BCUT2D eigenvalue weighted by Gasteiger charge is -2.24. The molecule has 69 heavy (non-hydrogen) atoms. The summed E-state index contributed by atoms with van der Waals surface area (Å²) in [5.74, 6) is 3.71. The molecule has 4 aromatic rings. The number of anilines is 2. The normalized spacial score (nSPS) is 13.6. The fourth-order valence-corrected chi connectivity index (χ4v) is 8.25. The highest BCUT2D eigenvalue weighted by molar-refractivity contribution is 6.05. The van der Waals surface area contributed by atoms with Crippen molar-refractivity contribution in [2.24, 2.45) is 5.92 Å². The molecule has 6 rings (SSSR count). The zero-order valence-electron chi connectivity index (χ0n) is 41.8. The standard InChI is InChI=1S/C32H42N2O8.C21H23NO5/c1-18(2)14-25(34-31(37)42-32(3,4)5)30(36)33-24-15-19(10-13-26(24)38-6)22-16-20(35)11-12-21-23(22)17-27(39-7)29(41-9)28(21)40-8;1-24-18-8-5-12(9-17(18)22)15-10-13(23)6-7-14-16(15)11-19(25-2)21(27-4)20(14)26-3/h10,13,15-18,25H,11-12,14H2,1-9H3,(H,33,36)(H,34,37);5,8-11H,6-7,22H2,1-4H3. The summed E-state index contributed by atoms with van der Waals surface area (Å²) in [6, 6.07) is 13.6. The van der Waals surface area contributed by atoms with Crippen molar-refractivity contribution in [3.63, 3.8) is 0 Å². The molecule has 0 aromatic heterocycles. The number of nitrogen functional groups attached to an aromatic ring is 1. The number of carbonyl (C=O) groups excluding carboxylic acids is 4. The van der Waals surface area contributed by atoms with Gasteiger partial charge in [-0.25, -0.2) is 4.79 Å². The molecule has 0 bridgehead atoms. The first-order valence-electron chi connectivity index (χ1n) is 22.4. The number of hydrogen-bond donors (Lipinski definition) is 3. The SMILES string of the molecule is COc1ccc(C2=CC(=O)CCc3c2cc(OC)c(OC)c3OC)cc1N.COc1ccc(C2=CC(=O)CCc3c2cc(OC)c(OC)c3OC)cc1NC(=O)C(CC(C)C)NC(=O)OC(C)(C)C. The number of nitrogens with two attached hydrogens (primary N) is 1. The molecule has 4 aromatic carbocycles. The van der Waals surface area contributed by atoms with E-state index >= 15 is 0 Å². The van der Waals surface area contributed by atoms with E-state index in [1.807, 2.05) is 38.1 Å². The molecule has 2 aliphatic carbocycles. The van der Waals surface area contributed by atoms with Crippen LogP contribution >= 0.6 is 0 Å². The van der Waals surface area contributed by atoms with Crippen LogP contribution in [0.1, 0.15) is 87.3 Å². The molecule has 16 heteroatoms. The van der Waals surface area contributed by atoms with Crippen molar-refractivity contribution in [2.45, 2.75) is 78.4 Å². The summed E-state index contributed by atoms with van der Waals surface area (Å²) >= 11 is 0. The number of hydrogen-bond acceptors (Lipinski definition) is 14. The zero-order valence-corrected chi connectivity index (χ0v) is 41.8. The van der Waals surface area contributed by atoms with Crippen molar-refractivity contribution in [3.05, 3.63) is 94.1 Å². The number of nitrogens with one attached hydrogen (secondary N) is 2. The van der Waals surface area contributed by atoms with Gasteiger partial charge in [0.15, 0.2) is 34.6 Å². The fourth-order valence-electron chi connectivity index (χ4n) is 8.25. The third kappa shape index (κ3) is 12.4. The number of fused-ring (bicyclic) bond motifs is 2. The Hall–Kier alpha value is -7.36. The van der Waals surface area contributed by atoms with Crippen LogP contribution in [-0.2, 0) is 32.0 Å². The lowest BCUT2D eigenvalue weighted by Crippen LogP contribution is -2.46. The van der Waals surface area contributed by atoms with Crippen molar-refractivity contribution < 1.29 is 61.8 Å². The first-order chi connectivity index (χ1) is 32.8. The van der Waals surface area contributed by atoms with E-state index in [1.165, 1.54) is 21.3 Å². The lowest BCUT2D eigenvalue weighted by molar-refractivity contribution is -0.118. The largest absolute Gasteiger partial charge is 0.495 e. The van der Waals surface area contributed by atoms with Gasteiger partial charge in [0.05, 0.1) is 68.3 Å². The van der Waals surface area contributed by atoms with Crippen LogP contribution in [0, 0.1) is 5.92 Å². The van der Waals surface area contributed by atoms with E-state index in [-0.39, 0.29) is 23.9 Å². The highest BCUT2D eigenvalue weighted by Crippen LogP contribution is 2.48. The molecule has 0 heterocycles. The number of alkyl carbamates (subject to hydrolysis) is 1. The van der Waals surface area contributed by atoms with E-state index in [9.17, 15) is 19.2 Å². The molecule has 0 aliphatic heterocycles. The molecule has 0 saturated heterocycles. The average molecular weight is 952 g/mol. The number of ketones is 2. The predicted octanol–water partition coefficient (Wildman–Crippen LogP) is 8.80. The van der Waals surface area contributed by atoms with Gasteiger partial charge in [0.1, 0.15) is 23.1 Å². The van der Waals surface area contributed by atoms with Gasteiger partial charge in [-0.3, -0.25) is 14.4 Å². The molecule has 16 nitrogen and oxygen atoms in total. The molecule has 370 valence electrons. The quantitative estimate of drug-likeness (QED) is 0.0955. The minimum atomic E-state index is -0.853. The average Bonchev–Trinajstić information content (AvgIpc) is 3.59. The minimum absolute atomic E-state index is 0.0376. The van der Waals surface area contributed by atoms with Crippen molar-refractivity contribution in [3.8, 4) is 46.0 Å². The van der Waals surface area contributed by atoms with Crippen LogP contribution in [-0.4, -0.2) is 92.1 Å². The van der Waals surface area contributed by atoms with Crippen LogP contribution in [0.25, 0.3) is 11.1 Å². The van der Waals surface area contributed by atoms with Crippen molar-refractivity contribution in [1.29, 1.82) is 0 Å². The molecule has 2 amide bonds. The molecule has 1 unspecified atom stereocenters. The molecule has 0 saturated carbocycles. The summed E-state index contributed by atoms with van der Waals surface area (Å²) in [7, 11) is 12.4. The van der Waals surface area contributed by atoms with Crippen molar-refractivity contribution in [1.82, 2.24) is 5.32 Å². The number of carbonyl (C=O) groups is 4. The number of benzene rings is 4. The number of rotatable bonds is 15. The maximum absolute atomic E-state index is 13.5. The Balaban J connectivity index is 0.000000282. The monoisotopic (exact) mass is 951 g/mol. The van der Waals surface area contributed by atoms with Crippen molar-refractivity contribution in [2.75, 3.05) is 67.9 Å². The van der Waals surface area contributed by atoms with Crippen molar-refractivity contribution >= 4 is 46.1 Å². The fraction of sp³-hybridized carbons (Fsp3) is 0.396. The molecule has 2 aliphatic rings. The maximum Gasteiger partial charge on any atom is 0.408 e. The summed E-state index contributed by atoms with van der Waals surface area (Å²) in [5.41, 5.74) is 12.5. The second kappa shape index (κ2) is 23.1. The summed E-state index contributed by atoms with van der Waals surface area (Å²) in [5, 5.41) is 5.61. The number of amides is 2. The van der Waals surface area contributed by atoms with Crippen LogP contribution < -0.4 is 54.3 Å². The third-order valence-corrected chi connectivity index (χ3v) is 11.3. The van der Waals surface area contributed by atoms with Crippen LogP contribution in [0.15, 0.2) is 60.7 Å². The molecular weight excluding hydrogens is 887 g/mol. The van der Waals surface area contributed by atoms with Gasteiger partial charge in [0, 0.05) is 24.0 Å². The summed E-state index contributed by atoms with van der Waals surface area (Å²) in [6.07, 6.45) is 4.62. The van der Waals surface area contributed by atoms with Gasteiger partial charge < -0.3 is 59.0 Å². The zero-order chi connectivity index (χ0) is 50.7. The molecule has 1 atom stereocenters. The highest BCUT2D eigenvalue weighted by atomic mass is 16.6. The highest BCUT2D eigenvalue weighted by Gasteiger charge is 2.30. The molecule has 0 fully saturated rings. The van der Waals surface area contributed by atoms with Crippen LogP contribution in [0.5, 0.6) is 46.0 Å². The number of ether oxygens (including phenoxy) is 9. The first kappa shape index (κ1) is 52.6. The minimum Gasteiger partial charge on any atom is -0.495 e. The maximum atomic E-state index is 13.5. The van der Waals surface area contributed by atoms with Gasteiger partial charge >= 0.3 is 6.09 Å². The van der Waals surface area contributed by atoms with E-state index in [0.29, 0.717) is 94.2 Å². The molecule has 0 radical (unpaired) electrons. The number of allylic oxidation sites excluding steroid dienone is 2. The van der Waals surface area contributed by atoms with Crippen LogP contribution in [0.2, 0.25) is 0 Å². The third-order valence-electron chi connectivity index (χ3n) is 11.3. The van der Waals surface area contributed by atoms with E-state index < -0.39 is 23.6 Å². The van der Waals surface area contributed by atoms with Gasteiger partial charge in [0.2, 0.25) is 17.4 Å². The summed E-state index contributed by atoms with van der Waals surface area (Å²) < 4.78 is 49.7. The van der Waals surface area contributed by atoms with Crippen LogP contribution in [0.3, 0.4) is 0 Å². The Kier molecular flexibility index (Phi) is 17.6. The summed E-state index contributed by atoms with van der Waals surface area (Å²) in [6.45, 7) is 9.19. The smallest absolute Gasteiger partial charge is 0.408 e. The number of methoxy groups -OCH3 is 8. The summed E-state index contributed by atoms with van der Waals surface area (Å²) in [4.78, 5) is 51.3. The first-order valence-corrected chi connectivity index (χ1v) is 22.4. The predicted molar refractivity (Wildman–Crippen MR) is 265 cm³/mol. The van der Waals surface area contributed by atoms with Gasteiger partial charge in [0.25, 0.3) is 0 Å². The Morgan fingerprint density at radius 2 is 1.04 bits per heavy atom. The van der Waals surface area contributed by atoms with E-state index in [0.717, 1.165) is 33.4 Å². The molecule has 4 N–H and O–H groups in total. The Morgan fingerprint density at radius 3 is 1.45 bits per heavy atom. The second-order valence-corrected chi connectivity index (χ2v) is 17.6. The second-order valence-electron chi connectivity index (χ2n) is 17.6. The Bertz CT molecular complexity index is 2630. The lowest BCUT2D eigenvalue weighted by atomic mass is 9.92.